The largest absolute Gasteiger partial charge is 0.321 e. The van der Waals surface area contributed by atoms with E-state index in [9.17, 15) is 13.6 Å². The molecule has 2 heterocycles. The van der Waals surface area contributed by atoms with Crippen LogP contribution in [0.3, 0.4) is 0 Å². The van der Waals surface area contributed by atoms with Gasteiger partial charge in [0, 0.05) is 30.6 Å². The van der Waals surface area contributed by atoms with Gasteiger partial charge in [-0.25, -0.2) is 13.8 Å². The van der Waals surface area contributed by atoms with Crippen LogP contribution < -0.4 is 5.32 Å². The number of carbonyl (C=O) groups excluding carboxylic acids is 1. The third kappa shape index (κ3) is 3.15. The van der Waals surface area contributed by atoms with Gasteiger partial charge in [-0.05, 0) is 30.7 Å². The van der Waals surface area contributed by atoms with Crippen molar-refractivity contribution in [3.8, 4) is 11.3 Å². The second-order valence-electron chi connectivity index (χ2n) is 5.35. The van der Waals surface area contributed by atoms with Crippen LogP contribution in [-0.2, 0) is 7.05 Å². The smallest absolute Gasteiger partial charge is 0.274 e. The van der Waals surface area contributed by atoms with Gasteiger partial charge in [-0.3, -0.25) is 9.48 Å². The van der Waals surface area contributed by atoms with E-state index in [1.54, 1.807) is 43.2 Å². The van der Waals surface area contributed by atoms with Crippen LogP contribution in [0.4, 0.5) is 14.5 Å². The van der Waals surface area contributed by atoms with Crippen LogP contribution in [0.5, 0.6) is 0 Å². The first-order chi connectivity index (χ1) is 11.4. The maximum absolute atomic E-state index is 13.2. The van der Waals surface area contributed by atoms with Gasteiger partial charge < -0.3 is 5.32 Å². The van der Waals surface area contributed by atoms with Crippen molar-refractivity contribution >= 4 is 11.6 Å². The maximum atomic E-state index is 13.2. The lowest BCUT2D eigenvalue weighted by Gasteiger charge is -2.09. The molecule has 0 fully saturated rings. The van der Waals surface area contributed by atoms with Crippen LogP contribution in [0.1, 0.15) is 16.1 Å². The van der Waals surface area contributed by atoms with Crippen molar-refractivity contribution in [1.29, 1.82) is 0 Å². The molecular formula is C17H14F2N4O. The Morgan fingerprint density at radius 2 is 1.96 bits per heavy atom. The van der Waals surface area contributed by atoms with Gasteiger partial charge in [0.15, 0.2) is 11.6 Å². The molecule has 0 unspecified atom stereocenters. The summed E-state index contributed by atoms with van der Waals surface area (Å²) >= 11 is 0. The van der Waals surface area contributed by atoms with E-state index in [0.717, 1.165) is 17.7 Å². The lowest BCUT2D eigenvalue weighted by Crippen LogP contribution is -2.16. The Kier molecular flexibility index (Phi) is 4.07. The molecule has 0 aliphatic rings. The number of nitrogens with one attached hydrogen (secondary N) is 1. The highest BCUT2D eigenvalue weighted by atomic mass is 19.2. The third-order valence-corrected chi connectivity index (χ3v) is 3.49. The first-order valence-electron chi connectivity index (χ1n) is 7.17. The van der Waals surface area contributed by atoms with Crippen LogP contribution in [0, 0.1) is 18.6 Å². The molecule has 0 aliphatic heterocycles. The third-order valence-electron chi connectivity index (χ3n) is 3.49. The quantitative estimate of drug-likeness (QED) is 0.802. The summed E-state index contributed by atoms with van der Waals surface area (Å²) in [5, 5.41) is 6.60. The molecule has 1 aromatic carbocycles. The Bertz CT molecular complexity index is 921. The lowest BCUT2D eigenvalue weighted by molar-refractivity contribution is 0.102. The van der Waals surface area contributed by atoms with Gasteiger partial charge >= 0.3 is 0 Å². The first-order valence-corrected chi connectivity index (χ1v) is 7.17. The highest BCUT2D eigenvalue weighted by molar-refractivity contribution is 6.04. The molecule has 0 saturated heterocycles. The summed E-state index contributed by atoms with van der Waals surface area (Å²) in [7, 11) is 1.79. The zero-order chi connectivity index (χ0) is 17.3. The van der Waals surface area contributed by atoms with E-state index in [-0.39, 0.29) is 11.4 Å². The molecular weight excluding hydrogens is 314 g/mol. The molecule has 3 aromatic rings. The highest BCUT2D eigenvalue weighted by Crippen LogP contribution is 2.19. The zero-order valence-corrected chi connectivity index (χ0v) is 13.0. The van der Waals surface area contributed by atoms with Crippen LogP contribution >= 0.6 is 0 Å². The number of hydrogen-bond donors (Lipinski definition) is 1. The molecule has 0 saturated carbocycles. The summed E-state index contributed by atoms with van der Waals surface area (Å²) in [6.45, 7) is 1.75. The van der Waals surface area contributed by atoms with Crippen LogP contribution in [0.15, 0.2) is 42.7 Å². The molecule has 0 atom stereocenters. The van der Waals surface area contributed by atoms with Crippen molar-refractivity contribution in [2.24, 2.45) is 7.05 Å². The number of hydrogen-bond acceptors (Lipinski definition) is 3. The second-order valence-corrected chi connectivity index (χ2v) is 5.35. The Labute approximate surface area is 137 Å². The van der Waals surface area contributed by atoms with Gasteiger partial charge in [0.1, 0.15) is 5.69 Å². The Hall–Kier alpha value is -3.09. The fraction of sp³-hybridized carbons (Fsp3) is 0.118. The fourth-order valence-electron chi connectivity index (χ4n) is 2.24. The minimum absolute atomic E-state index is 0.159. The van der Waals surface area contributed by atoms with Crippen molar-refractivity contribution < 1.29 is 13.6 Å². The van der Waals surface area contributed by atoms with Gasteiger partial charge in [-0.1, -0.05) is 6.07 Å². The number of pyridine rings is 1. The van der Waals surface area contributed by atoms with Crippen molar-refractivity contribution in [2.45, 2.75) is 6.92 Å². The van der Waals surface area contributed by atoms with Gasteiger partial charge in [-0.15, -0.1) is 0 Å². The molecule has 122 valence electrons. The number of carbonyl (C=O) groups is 1. The minimum Gasteiger partial charge on any atom is -0.321 e. The number of benzene rings is 1. The molecule has 2 aromatic heterocycles. The van der Waals surface area contributed by atoms with Crippen molar-refractivity contribution in [1.82, 2.24) is 14.8 Å². The fourth-order valence-corrected chi connectivity index (χ4v) is 2.24. The van der Waals surface area contributed by atoms with Crippen LogP contribution in [-0.4, -0.2) is 20.7 Å². The highest BCUT2D eigenvalue weighted by Gasteiger charge is 2.14. The van der Waals surface area contributed by atoms with E-state index in [4.69, 9.17) is 0 Å². The zero-order valence-electron chi connectivity index (χ0n) is 13.0. The molecule has 7 heteroatoms. The van der Waals surface area contributed by atoms with Gasteiger partial charge in [-0.2, -0.15) is 5.10 Å². The number of aryl methyl sites for hydroxylation is 2. The second kappa shape index (κ2) is 6.19. The number of nitrogens with zero attached hydrogens (tertiary/aromatic N) is 3. The predicted octanol–water partition coefficient (Wildman–Crippen LogP) is 3.32. The average Bonchev–Trinajstić information content (AvgIpc) is 2.98. The Morgan fingerprint density at radius 1 is 1.17 bits per heavy atom. The Balaban J connectivity index is 1.90. The van der Waals surface area contributed by atoms with Gasteiger partial charge in [0.05, 0.1) is 11.9 Å². The molecule has 0 spiro atoms. The van der Waals surface area contributed by atoms with E-state index in [1.165, 1.54) is 6.07 Å². The van der Waals surface area contributed by atoms with E-state index < -0.39 is 17.5 Å². The normalized spacial score (nSPS) is 10.7. The number of anilines is 1. The maximum Gasteiger partial charge on any atom is 0.274 e. The molecule has 24 heavy (non-hydrogen) atoms. The topological polar surface area (TPSA) is 59.8 Å². The predicted molar refractivity (Wildman–Crippen MR) is 85.5 cm³/mol. The summed E-state index contributed by atoms with van der Waals surface area (Å²) < 4.78 is 27.8. The monoisotopic (exact) mass is 328 g/mol. The van der Waals surface area contributed by atoms with E-state index >= 15 is 0 Å². The summed E-state index contributed by atoms with van der Waals surface area (Å²) in [4.78, 5) is 16.8. The molecule has 3 rings (SSSR count). The molecule has 1 N–H and O–H groups in total. The molecule has 5 nitrogen and oxygen atoms in total. The summed E-state index contributed by atoms with van der Waals surface area (Å²) in [5.41, 5.74) is 2.42. The Morgan fingerprint density at radius 3 is 2.62 bits per heavy atom. The standard InChI is InChI=1S/C17H14F2N4O/c1-10-3-6-15(11-8-20-23(2)9-11)22-16(10)17(24)21-12-4-5-13(18)14(19)7-12/h3-9H,1-2H3,(H,21,24). The number of aromatic nitrogens is 3. The number of amides is 1. The van der Waals surface area contributed by atoms with E-state index in [1.807, 2.05) is 0 Å². The van der Waals surface area contributed by atoms with Gasteiger partial charge in [0.25, 0.3) is 5.91 Å². The van der Waals surface area contributed by atoms with E-state index in [0.29, 0.717) is 11.3 Å². The average molecular weight is 328 g/mol. The lowest BCUT2D eigenvalue weighted by atomic mass is 10.1. The summed E-state index contributed by atoms with van der Waals surface area (Å²) in [6, 6.07) is 6.73. The SMILES string of the molecule is Cc1ccc(-c2cnn(C)c2)nc1C(=O)Nc1ccc(F)c(F)c1. The van der Waals surface area contributed by atoms with Crippen molar-refractivity contribution in [3.05, 3.63) is 65.6 Å². The van der Waals surface area contributed by atoms with Crippen LogP contribution in [0.2, 0.25) is 0 Å². The van der Waals surface area contributed by atoms with Crippen LogP contribution in [0.25, 0.3) is 11.3 Å². The van der Waals surface area contributed by atoms with Gasteiger partial charge in [0.2, 0.25) is 0 Å². The summed E-state index contributed by atoms with van der Waals surface area (Å²) in [6.07, 6.45) is 3.43. The number of halogens is 2. The van der Waals surface area contributed by atoms with Crippen molar-refractivity contribution in [2.75, 3.05) is 5.32 Å². The van der Waals surface area contributed by atoms with E-state index in [2.05, 4.69) is 15.4 Å². The number of rotatable bonds is 3. The summed E-state index contributed by atoms with van der Waals surface area (Å²) in [5.74, 6) is -2.49. The minimum atomic E-state index is -1.03. The molecule has 1 amide bonds. The first kappa shape index (κ1) is 15.8. The molecule has 0 radical (unpaired) electrons. The van der Waals surface area contributed by atoms with Crippen molar-refractivity contribution in [3.63, 3.8) is 0 Å². The molecule has 0 aliphatic carbocycles. The molecule has 0 bridgehead atoms.